The van der Waals surface area contributed by atoms with Gasteiger partial charge in [-0.3, -0.25) is 9.97 Å². The van der Waals surface area contributed by atoms with Crippen molar-refractivity contribution in [2.45, 2.75) is 0 Å². The van der Waals surface area contributed by atoms with Gasteiger partial charge in [0.25, 0.3) is 0 Å². The Bertz CT molecular complexity index is 2560. The van der Waals surface area contributed by atoms with E-state index in [0.717, 1.165) is 61.6 Å². The third kappa shape index (κ3) is 5.61. The first-order valence-corrected chi connectivity index (χ1v) is 16.8. The number of hydrogen-bond donors (Lipinski definition) is 0. The maximum atomic E-state index is 5.16. The third-order valence-corrected chi connectivity index (χ3v) is 9.39. The Balaban J connectivity index is 1.28. The van der Waals surface area contributed by atoms with E-state index in [1.165, 1.54) is 27.1 Å². The Morgan fingerprint density at radius 2 is 0.840 bits per heavy atom. The number of fused-ring (bicyclic) bond motifs is 3. The predicted molar refractivity (Wildman–Crippen MR) is 207 cm³/mol. The largest absolute Gasteiger partial charge is 0.261 e. The summed E-state index contributed by atoms with van der Waals surface area (Å²) in [4.78, 5) is 13.9. The first-order valence-electron chi connectivity index (χ1n) is 16.8. The summed E-state index contributed by atoms with van der Waals surface area (Å²) in [7, 11) is 0. The van der Waals surface area contributed by atoms with Crippen LogP contribution < -0.4 is 0 Å². The molecule has 9 rings (SSSR count). The Morgan fingerprint density at radius 1 is 0.320 bits per heavy atom. The van der Waals surface area contributed by atoms with Crippen LogP contribution >= 0.6 is 0 Å². The highest BCUT2D eigenvalue weighted by molar-refractivity contribution is 6.14. The van der Waals surface area contributed by atoms with Crippen molar-refractivity contribution in [3.8, 4) is 67.2 Å². The SMILES string of the molecule is c1ccc(-c2cc(-c3cc(-c4ccc(-c5cnccn5)cc4)cc(-c4cc5ccccc5c5ccccc45)c3)cc(-c3ccccc3)n2)cc1. The minimum Gasteiger partial charge on any atom is -0.261 e. The molecule has 0 aliphatic carbocycles. The van der Waals surface area contributed by atoms with Crippen LogP contribution in [0.25, 0.3) is 88.7 Å². The van der Waals surface area contributed by atoms with Gasteiger partial charge in [-0.15, -0.1) is 0 Å². The number of benzene rings is 7. The summed E-state index contributed by atoms with van der Waals surface area (Å²) >= 11 is 0. The molecule has 0 aliphatic heterocycles. The molecule has 0 aliphatic rings. The van der Waals surface area contributed by atoms with Crippen LogP contribution in [-0.2, 0) is 0 Å². The Labute approximate surface area is 291 Å². The molecule has 3 nitrogen and oxygen atoms in total. The molecule has 0 atom stereocenters. The average Bonchev–Trinajstić information content (AvgIpc) is 3.21. The molecule has 0 radical (unpaired) electrons. The van der Waals surface area contributed by atoms with Gasteiger partial charge in [-0.1, -0.05) is 133 Å². The lowest BCUT2D eigenvalue weighted by Gasteiger charge is -2.16. The zero-order valence-corrected chi connectivity index (χ0v) is 27.2. The molecule has 0 bridgehead atoms. The molecule has 0 N–H and O–H groups in total. The molecule has 0 spiro atoms. The van der Waals surface area contributed by atoms with Crippen molar-refractivity contribution >= 4 is 21.5 Å². The van der Waals surface area contributed by atoms with E-state index in [1.54, 1.807) is 18.6 Å². The van der Waals surface area contributed by atoms with E-state index in [-0.39, 0.29) is 0 Å². The van der Waals surface area contributed by atoms with Crippen LogP contribution in [0.2, 0.25) is 0 Å². The first-order chi connectivity index (χ1) is 24.8. The van der Waals surface area contributed by atoms with E-state index >= 15 is 0 Å². The highest BCUT2D eigenvalue weighted by Gasteiger charge is 2.15. The molecule has 234 valence electrons. The van der Waals surface area contributed by atoms with Gasteiger partial charge in [0, 0.05) is 29.1 Å². The fraction of sp³-hybridized carbons (Fsp3) is 0. The number of hydrogen-bond acceptors (Lipinski definition) is 3. The summed E-state index contributed by atoms with van der Waals surface area (Å²) in [5, 5.41) is 4.97. The van der Waals surface area contributed by atoms with Crippen LogP contribution in [0, 0.1) is 0 Å². The van der Waals surface area contributed by atoms with Gasteiger partial charge in [-0.05, 0) is 91.3 Å². The number of nitrogens with zero attached hydrogens (tertiary/aromatic N) is 3. The summed E-state index contributed by atoms with van der Waals surface area (Å²) in [6, 6.07) is 60.7. The quantitative estimate of drug-likeness (QED) is 0.170. The molecule has 0 fully saturated rings. The third-order valence-electron chi connectivity index (χ3n) is 9.39. The minimum absolute atomic E-state index is 0.856. The zero-order chi connectivity index (χ0) is 33.3. The minimum atomic E-state index is 0.856. The van der Waals surface area contributed by atoms with Gasteiger partial charge in [-0.25, -0.2) is 4.98 Å². The summed E-state index contributed by atoms with van der Waals surface area (Å²) < 4.78 is 0. The fourth-order valence-electron chi connectivity index (χ4n) is 6.90. The topological polar surface area (TPSA) is 38.7 Å². The van der Waals surface area contributed by atoms with Gasteiger partial charge in [-0.2, -0.15) is 0 Å². The first kappa shape index (κ1) is 29.4. The summed E-state index contributed by atoms with van der Waals surface area (Å²) in [5.41, 5.74) is 12.8. The van der Waals surface area contributed by atoms with Gasteiger partial charge in [0.15, 0.2) is 0 Å². The van der Waals surface area contributed by atoms with E-state index in [0.29, 0.717) is 0 Å². The van der Waals surface area contributed by atoms with Crippen LogP contribution in [0.5, 0.6) is 0 Å². The van der Waals surface area contributed by atoms with Crippen LogP contribution in [0.4, 0.5) is 0 Å². The second-order valence-corrected chi connectivity index (χ2v) is 12.5. The number of pyridine rings is 1. The average molecular weight is 638 g/mol. The Kier molecular flexibility index (Phi) is 7.49. The number of rotatable bonds is 6. The van der Waals surface area contributed by atoms with E-state index in [2.05, 4.69) is 168 Å². The lowest BCUT2D eigenvalue weighted by Crippen LogP contribution is -1.93. The normalized spacial score (nSPS) is 11.2. The molecule has 3 heteroatoms. The summed E-state index contributed by atoms with van der Waals surface area (Å²) in [5.74, 6) is 0. The van der Waals surface area contributed by atoms with Gasteiger partial charge in [0.1, 0.15) is 0 Å². The van der Waals surface area contributed by atoms with Crippen LogP contribution in [0.3, 0.4) is 0 Å². The maximum absolute atomic E-state index is 5.16. The van der Waals surface area contributed by atoms with Crippen LogP contribution in [0.1, 0.15) is 0 Å². The van der Waals surface area contributed by atoms with Crippen molar-refractivity contribution in [3.05, 3.63) is 188 Å². The van der Waals surface area contributed by atoms with Gasteiger partial charge in [0.2, 0.25) is 0 Å². The molecular formula is C47H31N3. The molecule has 2 heterocycles. The lowest BCUT2D eigenvalue weighted by molar-refractivity contribution is 1.21. The maximum Gasteiger partial charge on any atom is 0.0885 e. The standard InChI is InChI=1S/C47H31N3/c1-3-11-33(12-4-1)45-29-39(30-46(50-45)34-13-5-2-6-14-34)38-25-37(32-19-21-35(22-20-32)47-31-48-23-24-49-47)26-40(27-38)44-28-36-15-7-8-16-41(36)42-17-9-10-18-43(42)44/h1-31H. The van der Waals surface area contributed by atoms with Gasteiger partial charge < -0.3 is 0 Å². The highest BCUT2D eigenvalue weighted by Crippen LogP contribution is 2.40. The smallest absolute Gasteiger partial charge is 0.0885 e. The summed E-state index contributed by atoms with van der Waals surface area (Å²) in [6.07, 6.45) is 5.23. The van der Waals surface area contributed by atoms with Crippen molar-refractivity contribution in [1.29, 1.82) is 0 Å². The predicted octanol–water partition coefficient (Wildman–Crippen LogP) is 12.2. The van der Waals surface area contributed by atoms with E-state index < -0.39 is 0 Å². The van der Waals surface area contributed by atoms with Crippen molar-refractivity contribution in [2.24, 2.45) is 0 Å². The number of aromatic nitrogens is 3. The molecule has 0 amide bonds. The Hall–Kier alpha value is -6.71. The molecule has 50 heavy (non-hydrogen) atoms. The van der Waals surface area contributed by atoms with Crippen LogP contribution in [-0.4, -0.2) is 15.0 Å². The molecule has 0 unspecified atom stereocenters. The molecule has 0 saturated carbocycles. The van der Waals surface area contributed by atoms with E-state index in [9.17, 15) is 0 Å². The lowest BCUT2D eigenvalue weighted by atomic mass is 9.89. The van der Waals surface area contributed by atoms with Crippen molar-refractivity contribution in [1.82, 2.24) is 15.0 Å². The molecule has 0 saturated heterocycles. The van der Waals surface area contributed by atoms with Crippen molar-refractivity contribution in [2.75, 3.05) is 0 Å². The second-order valence-electron chi connectivity index (χ2n) is 12.5. The molecule has 9 aromatic rings. The Morgan fingerprint density at radius 3 is 1.50 bits per heavy atom. The van der Waals surface area contributed by atoms with Gasteiger partial charge >= 0.3 is 0 Å². The zero-order valence-electron chi connectivity index (χ0n) is 27.2. The van der Waals surface area contributed by atoms with E-state index in [1.807, 2.05) is 12.1 Å². The molecule has 7 aromatic carbocycles. The fourth-order valence-corrected chi connectivity index (χ4v) is 6.90. The van der Waals surface area contributed by atoms with Crippen molar-refractivity contribution < 1.29 is 0 Å². The highest BCUT2D eigenvalue weighted by atomic mass is 14.8. The van der Waals surface area contributed by atoms with Crippen LogP contribution in [0.15, 0.2) is 188 Å². The molecule has 2 aromatic heterocycles. The second kappa shape index (κ2) is 12.7. The van der Waals surface area contributed by atoms with E-state index in [4.69, 9.17) is 4.98 Å². The summed E-state index contributed by atoms with van der Waals surface area (Å²) in [6.45, 7) is 0. The monoisotopic (exact) mass is 637 g/mol. The molecular weight excluding hydrogens is 607 g/mol. The van der Waals surface area contributed by atoms with Gasteiger partial charge in [0.05, 0.1) is 23.3 Å². The van der Waals surface area contributed by atoms with Crippen molar-refractivity contribution in [3.63, 3.8) is 0 Å².